The molecule has 0 saturated carbocycles. The molecule has 46 valence electrons. The molecule has 4 heteroatoms. The molecule has 8 heavy (non-hydrogen) atoms. The van der Waals surface area contributed by atoms with Crippen LogP contribution in [0.15, 0.2) is 0 Å². The summed E-state index contributed by atoms with van der Waals surface area (Å²) in [7, 11) is 1.00. The molecule has 0 aromatic rings. The van der Waals surface area contributed by atoms with Crippen LogP contribution in [-0.4, -0.2) is 23.3 Å². The summed E-state index contributed by atoms with van der Waals surface area (Å²) in [6, 6.07) is 1.47. The Morgan fingerprint density at radius 1 is 1.75 bits per heavy atom. The van der Waals surface area contributed by atoms with Crippen molar-refractivity contribution in [3.05, 3.63) is 0 Å². The average molecular weight is 117 g/mol. The highest BCUT2D eigenvalue weighted by Crippen LogP contribution is 1.68. The van der Waals surface area contributed by atoms with E-state index in [1.165, 1.54) is 6.07 Å². The zero-order chi connectivity index (χ0) is 6.99. The van der Waals surface area contributed by atoms with Gasteiger partial charge in [-0.25, -0.2) is 0 Å². The van der Waals surface area contributed by atoms with Gasteiger partial charge < -0.3 is 10.2 Å². The summed E-state index contributed by atoms with van der Waals surface area (Å²) in [5.74, 6) is -1.07. The van der Waals surface area contributed by atoms with Crippen LogP contribution >= 0.6 is 0 Å². The van der Waals surface area contributed by atoms with Crippen LogP contribution in [0.1, 0.15) is 6.42 Å². The van der Waals surface area contributed by atoms with E-state index in [9.17, 15) is 4.79 Å². The van der Waals surface area contributed by atoms with Crippen molar-refractivity contribution in [3.8, 4) is 6.07 Å². The summed E-state index contributed by atoms with van der Waals surface area (Å²) < 4.78 is 0. The third kappa shape index (κ3) is 20.5. The fraction of sp³-hybridized carbons (Fsp3) is 0.500. The highest BCUT2D eigenvalue weighted by molar-refractivity contribution is 5.69. The minimum atomic E-state index is -1.07. The molecule has 0 aromatic heterocycles. The first-order valence-electron chi connectivity index (χ1n) is 1.81. The van der Waals surface area contributed by atoms with Crippen LogP contribution < -0.4 is 0 Å². The SMILES string of the molecule is CO.N#CCC(=O)O. The number of hydrogen-bond acceptors (Lipinski definition) is 3. The number of carboxylic acid groups (broad SMARTS) is 1. The Morgan fingerprint density at radius 3 is 2.12 bits per heavy atom. The van der Waals surface area contributed by atoms with Crippen LogP contribution in [0.2, 0.25) is 0 Å². The molecule has 0 bridgehead atoms. The molecule has 2 N–H and O–H groups in total. The minimum absolute atomic E-state index is 0.403. The Morgan fingerprint density at radius 2 is 2.12 bits per heavy atom. The number of carboxylic acids is 1. The van der Waals surface area contributed by atoms with Crippen LogP contribution in [0, 0.1) is 11.3 Å². The van der Waals surface area contributed by atoms with Gasteiger partial charge in [0.1, 0.15) is 6.42 Å². The van der Waals surface area contributed by atoms with Gasteiger partial charge in [0, 0.05) is 7.11 Å². The largest absolute Gasteiger partial charge is 0.480 e. The zero-order valence-corrected chi connectivity index (χ0v) is 4.46. The van der Waals surface area contributed by atoms with Gasteiger partial charge in [0.05, 0.1) is 6.07 Å². The fourth-order valence-electron chi connectivity index (χ4n) is 0.0676. The van der Waals surface area contributed by atoms with E-state index in [1.807, 2.05) is 0 Å². The van der Waals surface area contributed by atoms with Gasteiger partial charge in [0.2, 0.25) is 0 Å². The first-order chi connectivity index (χ1) is 3.77. The predicted molar refractivity (Wildman–Crippen MR) is 26.0 cm³/mol. The summed E-state index contributed by atoms with van der Waals surface area (Å²) >= 11 is 0. The minimum Gasteiger partial charge on any atom is -0.480 e. The van der Waals surface area contributed by atoms with Gasteiger partial charge in [-0.15, -0.1) is 0 Å². The van der Waals surface area contributed by atoms with Crippen molar-refractivity contribution in [1.29, 1.82) is 5.26 Å². The zero-order valence-electron chi connectivity index (χ0n) is 4.46. The van der Waals surface area contributed by atoms with E-state index >= 15 is 0 Å². The number of aliphatic carboxylic acids is 1. The highest BCUT2D eigenvalue weighted by Gasteiger charge is 1.87. The Balaban J connectivity index is 0. The van der Waals surface area contributed by atoms with Crippen molar-refractivity contribution < 1.29 is 15.0 Å². The maximum Gasteiger partial charge on any atom is 0.317 e. The van der Waals surface area contributed by atoms with E-state index in [0.29, 0.717) is 0 Å². The van der Waals surface area contributed by atoms with Gasteiger partial charge in [0.15, 0.2) is 0 Å². The van der Waals surface area contributed by atoms with Crippen molar-refractivity contribution in [3.63, 3.8) is 0 Å². The van der Waals surface area contributed by atoms with Crippen LogP contribution in [0.3, 0.4) is 0 Å². The summed E-state index contributed by atoms with van der Waals surface area (Å²) in [6.07, 6.45) is -0.403. The molecule has 4 nitrogen and oxygen atoms in total. The maximum atomic E-state index is 9.38. The third-order valence-corrected chi connectivity index (χ3v) is 0.230. The predicted octanol–water partition coefficient (Wildman–Crippen LogP) is -0.407. The number of carbonyl (C=O) groups is 1. The molecule has 0 saturated heterocycles. The van der Waals surface area contributed by atoms with Gasteiger partial charge in [-0.2, -0.15) is 5.26 Å². The Kier molecular flexibility index (Phi) is 11.7. The Labute approximate surface area is 47.0 Å². The lowest BCUT2D eigenvalue weighted by molar-refractivity contribution is -0.135. The number of rotatable bonds is 1. The lowest BCUT2D eigenvalue weighted by atomic mass is 10.5. The van der Waals surface area contributed by atoms with E-state index in [-0.39, 0.29) is 0 Å². The van der Waals surface area contributed by atoms with Gasteiger partial charge >= 0.3 is 5.97 Å². The molecule has 0 unspecified atom stereocenters. The standard InChI is InChI=1S/C3H3NO2.CH4O/c4-2-1-3(5)6;1-2/h1H2,(H,5,6);2H,1H3. The molecule has 0 fully saturated rings. The number of aliphatic hydroxyl groups is 1. The van der Waals surface area contributed by atoms with E-state index in [4.69, 9.17) is 15.5 Å². The second-order valence-corrected chi connectivity index (χ2v) is 0.729. The normalized spacial score (nSPS) is 5.62. The topological polar surface area (TPSA) is 81.3 Å². The molecular formula is C4H7NO3. The molecule has 0 amide bonds. The van der Waals surface area contributed by atoms with E-state index in [0.717, 1.165) is 7.11 Å². The van der Waals surface area contributed by atoms with Crippen LogP contribution in [0.4, 0.5) is 0 Å². The molecule has 0 spiro atoms. The van der Waals surface area contributed by atoms with E-state index < -0.39 is 12.4 Å². The Hall–Kier alpha value is -1.08. The second kappa shape index (κ2) is 9.33. The fourth-order valence-corrected chi connectivity index (χ4v) is 0.0676. The van der Waals surface area contributed by atoms with Crippen LogP contribution in [0.5, 0.6) is 0 Å². The van der Waals surface area contributed by atoms with Gasteiger partial charge in [0.25, 0.3) is 0 Å². The van der Waals surface area contributed by atoms with Crippen molar-refractivity contribution in [1.82, 2.24) is 0 Å². The van der Waals surface area contributed by atoms with Crippen molar-refractivity contribution in [2.24, 2.45) is 0 Å². The molecular weight excluding hydrogens is 110 g/mol. The third-order valence-electron chi connectivity index (χ3n) is 0.230. The van der Waals surface area contributed by atoms with Gasteiger partial charge in [-0.3, -0.25) is 4.79 Å². The summed E-state index contributed by atoms with van der Waals surface area (Å²) in [5.41, 5.74) is 0. The Bertz CT molecular complexity index is 93.9. The van der Waals surface area contributed by atoms with Crippen molar-refractivity contribution in [2.75, 3.05) is 7.11 Å². The molecule has 0 radical (unpaired) electrons. The number of hydrogen-bond donors (Lipinski definition) is 2. The average Bonchev–Trinajstić information content (AvgIpc) is 1.72. The molecule has 0 heterocycles. The summed E-state index contributed by atoms with van der Waals surface area (Å²) in [6.45, 7) is 0. The lowest BCUT2D eigenvalue weighted by Gasteiger charge is -1.70. The first-order valence-corrected chi connectivity index (χ1v) is 1.81. The molecule has 0 aliphatic heterocycles. The smallest absolute Gasteiger partial charge is 0.317 e. The van der Waals surface area contributed by atoms with E-state index in [1.54, 1.807) is 0 Å². The van der Waals surface area contributed by atoms with Crippen molar-refractivity contribution in [2.45, 2.75) is 6.42 Å². The van der Waals surface area contributed by atoms with Gasteiger partial charge in [-0.1, -0.05) is 0 Å². The molecule has 0 atom stereocenters. The lowest BCUT2D eigenvalue weighted by Crippen LogP contribution is -1.88. The van der Waals surface area contributed by atoms with Gasteiger partial charge in [-0.05, 0) is 0 Å². The number of nitrogens with zero attached hydrogens (tertiary/aromatic N) is 1. The molecule has 0 aliphatic rings. The first kappa shape index (κ1) is 10.0. The van der Waals surface area contributed by atoms with E-state index in [2.05, 4.69) is 0 Å². The summed E-state index contributed by atoms with van der Waals surface area (Å²) in [5, 5.41) is 22.3. The second-order valence-electron chi connectivity index (χ2n) is 0.729. The molecule has 0 rings (SSSR count). The monoisotopic (exact) mass is 117 g/mol. The van der Waals surface area contributed by atoms with Crippen molar-refractivity contribution >= 4 is 5.97 Å². The molecule has 0 aromatic carbocycles. The maximum absolute atomic E-state index is 9.38. The summed E-state index contributed by atoms with van der Waals surface area (Å²) in [4.78, 5) is 9.38. The number of aliphatic hydroxyl groups excluding tert-OH is 1. The quantitative estimate of drug-likeness (QED) is 0.489. The highest BCUT2D eigenvalue weighted by atomic mass is 16.4. The molecule has 0 aliphatic carbocycles. The van der Waals surface area contributed by atoms with Crippen LogP contribution in [-0.2, 0) is 4.79 Å². The number of nitriles is 1. The van der Waals surface area contributed by atoms with Crippen LogP contribution in [0.25, 0.3) is 0 Å².